The van der Waals surface area contributed by atoms with Crippen molar-refractivity contribution in [3.05, 3.63) is 65.3 Å². The van der Waals surface area contributed by atoms with Crippen molar-refractivity contribution in [1.82, 2.24) is 9.88 Å². The summed E-state index contributed by atoms with van der Waals surface area (Å²) in [5.74, 6) is -2.33. The summed E-state index contributed by atoms with van der Waals surface area (Å²) in [7, 11) is 0. The van der Waals surface area contributed by atoms with E-state index < -0.39 is 17.4 Å². The molecule has 1 aliphatic rings. The molecule has 0 radical (unpaired) electrons. The molecule has 2 heterocycles. The summed E-state index contributed by atoms with van der Waals surface area (Å²) < 4.78 is 29.7. The predicted octanol–water partition coefficient (Wildman–Crippen LogP) is 4.25. The Labute approximate surface area is 187 Å². The number of nitriles is 1. The van der Waals surface area contributed by atoms with Crippen molar-refractivity contribution in [3.63, 3.8) is 0 Å². The third-order valence-electron chi connectivity index (χ3n) is 5.47. The molecule has 2 aromatic carbocycles. The molecule has 0 spiro atoms. The fourth-order valence-electron chi connectivity index (χ4n) is 3.94. The molecule has 0 bridgehead atoms. The SMILES string of the molecule is C=CC(=O)N1CCN(c2c(C#N)cnc3c(Cl)c(-c4c(O)cccc4F)c(F)cc23)CC1. The van der Waals surface area contributed by atoms with Crippen LogP contribution in [0, 0.1) is 23.0 Å². The lowest BCUT2D eigenvalue weighted by Crippen LogP contribution is -2.48. The average Bonchev–Trinajstić information content (AvgIpc) is 2.79. The van der Waals surface area contributed by atoms with Crippen LogP contribution in [0.25, 0.3) is 22.0 Å². The van der Waals surface area contributed by atoms with E-state index in [0.29, 0.717) is 31.9 Å². The second-order valence-electron chi connectivity index (χ2n) is 7.23. The zero-order valence-electron chi connectivity index (χ0n) is 16.8. The van der Waals surface area contributed by atoms with E-state index in [0.717, 1.165) is 12.1 Å². The molecule has 9 heteroatoms. The van der Waals surface area contributed by atoms with Gasteiger partial charge in [-0.1, -0.05) is 24.2 Å². The number of piperazine rings is 1. The van der Waals surface area contributed by atoms with Crippen LogP contribution in [0.3, 0.4) is 0 Å². The third kappa shape index (κ3) is 3.51. The Balaban J connectivity index is 1.88. The van der Waals surface area contributed by atoms with Crippen LogP contribution in [0.15, 0.2) is 43.1 Å². The summed E-state index contributed by atoms with van der Waals surface area (Å²) >= 11 is 6.47. The first-order valence-corrected chi connectivity index (χ1v) is 10.1. The van der Waals surface area contributed by atoms with Gasteiger partial charge in [0.2, 0.25) is 5.91 Å². The number of carbonyl (C=O) groups is 1. The molecule has 1 aromatic heterocycles. The number of aromatic nitrogens is 1. The molecule has 1 saturated heterocycles. The number of fused-ring (bicyclic) bond motifs is 1. The lowest BCUT2D eigenvalue weighted by atomic mass is 9.99. The Kier molecular flexibility index (Phi) is 5.68. The maximum absolute atomic E-state index is 15.3. The highest BCUT2D eigenvalue weighted by atomic mass is 35.5. The minimum Gasteiger partial charge on any atom is -0.507 e. The summed E-state index contributed by atoms with van der Waals surface area (Å²) in [6.45, 7) is 5.10. The van der Waals surface area contributed by atoms with Crippen LogP contribution in [-0.4, -0.2) is 47.1 Å². The highest BCUT2D eigenvalue weighted by Crippen LogP contribution is 2.43. The molecule has 1 N–H and O–H groups in total. The number of benzene rings is 2. The highest BCUT2D eigenvalue weighted by Gasteiger charge is 2.27. The van der Waals surface area contributed by atoms with Gasteiger partial charge in [0.25, 0.3) is 0 Å². The maximum atomic E-state index is 15.3. The molecule has 0 aliphatic carbocycles. The Morgan fingerprint density at radius 2 is 1.94 bits per heavy atom. The second kappa shape index (κ2) is 8.44. The van der Waals surface area contributed by atoms with E-state index >= 15 is 4.39 Å². The first-order valence-electron chi connectivity index (χ1n) is 9.72. The molecule has 0 atom stereocenters. The lowest BCUT2D eigenvalue weighted by Gasteiger charge is -2.36. The number of carbonyl (C=O) groups excluding carboxylic acids is 1. The molecule has 1 aliphatic heterocycles. The standard InChI is InChI=1S/C23H17ClF2N4O2/c1-2-18(32)29-6-8-30(9-7-29)23-13(11-27)12-28-22-14(23)10-16(26)20(21(22)24)19-15(25)4-3-5-17(19)31/h2-5,10,12,31H,1,6-9H2. The molecule has 6 nitrogen and oxygen atoms in total. The second-order valence-corrected chi connectivity index (χ2v) is 7.60. The van der Waals surface area contributed by atoms with Gasteiger partial charge in [-0.15, -0.1) is 0 Å². The Hall–Kier alpha value is -3.70. The minimum absolute atomic E-state index is 0.171. The summed E-state index contributed by atoms with van der Waals surface area (Å²) in [5.41, 5.74) is 0.163. The normalized spacial score (nSPS) is 13.8. The molecular weight excluding hydrogens is 438 g/mol. The zero-order valence-corrected chi connectivity index (χ0v) is 17.5. The molecule has 4 rings (SSSR count). The number of amides is 1. The number of aromatic hydroxyl groups is 1. The van der Waals surface area contributed by atoms with E-state index in [4.69, 9.17) is 11.6 Å². The molecule has 1 fully saturated rings. The third-order valence-corrected chi connectivity index (χ3v) is 5.84. The fraction of sp³-hybridized carbons (Fsp3) is 0.174. The van der Waals surface area contributed by atoms with Crippen LogP contribution >= 0.6 is 11.6 Å². The molecular formula is C23H17ClF2N4O2. The van der Waals surface area contributed by atoms with E-state index in [-0.39, 0.29) is 38.5 Å². The fourth-order valence-corrected chi connectivity index (χ4v) is 4.28. The van der Waals surface area contributed by atoms with Gasteiger partial charge in [0.15, 0.2) is 0 Å². The van der Waals surface area contributed by atoms with Gasteiger partial charge >= 0.3 is 0 Å². The van der Waals surface area contributed by atoms with Crippen molar-refractivity contribution in [2.45, 2.75) is 0 Å². The van der Waals surface area contributed by atoms with Crippen LogP contribution in [0.5, 0.6) is 5.75 Å². The van der Waals surface area contributed by atoms with Gasteiger partial charge in [0.1, 0.15) is 23.5 Å². The first kappa shape index (κ1) is 21.5. The van der Waals surface area contributed by atoms with E-state index in [1.54, 1.807) is 4.90 Å². The van der Waals surface area contributed by atoms with Gasteiger partial charge in [0.05, 0.1) is 27.4 Å². The molecule has 3 aromatic rings. The summed E-state index contributed by atoms with van der Waals surface area (Å²) in [5, 5.41) is 19.9. The number of halogens is 3. The lowest BCUT2D eigenvalue weighted by molar-refractivity contribution is -0.126. The Morgan fingerprint density at radius 3 is 2.56 bits per heavy atom. The smallest absolute Gasteiger partial charge is 0.246 e. The number of rotatable bonds is 3. The molecule has 0 saturated carbocycles. The van der Waals surface area contributed by atoms with E-state index in [1.807, 2.05) is 4.90 Å². The van der Waals surface area contributed by atoms with Crippen molar-refractivity contribution >= 4 is 34.1 Å². The molecule has 0 unspecified atom stereocenters. The number of pyridine rings is 1. The van der Waals surface area contributed by atoms with Gasteiger partial charge in [-0.2, -0.15) is 5.26 Å². The molecule has 162 valence electrons. The van der Waals surface area contributed by atoms with Crippen molar-refractivity contribution < 1.29 is 18.7 Å². The van der Waals surface area contributed by atoms with E-state index in [9.17, 15) is 19.6 Å². The van der Waals surface area contributed by atoms with Crippen molar-refractivity contribution in [2.75, 3.05) is 31.1 Å². The number of phenols is 1. The van der Waals surface area contributed by atoms with Crippen molar-refractivity contribution in [1.29, 1.82) is 5.26 Å². The summed E-state index contributed by atoms with van der Waals surface area (Å²) in [4.78, 5) is 19.6. The molecule has 32 heavy (non-hydrogen) atoms. The van der Waals surface area contributed by atoms with E-state index in [2.05, 4.69) is 17.6 Å². The van der Waals surface area contributed by atoms with Gasteiger partial charge in [0, 0.05) is 43.3 Å². The van der Waals surface area contributed by atoms with Crippen molar-refractivity contribution in [3.8, 4) is 22.9 Å². The quantitative estimate of drug-likeness (QED) is 0.598. The van der Waals surface area contributed by atoms with Gasteiger partial charge in [-0.05, 0) is 24.3 Å². The first-order chi connectivity index (χ1) is 15.4. The minimum atomic E-state index is -0.860. The van der Waals surface area contributed by atoms with E-state index in [1.165, 1.54) is 24.4 Å². The summed E-state index contributed by atoms with van der Waals surface area (Å²) in [6, 6.07) is 6.84. The average molecular weight is 455 g/mol. The van der Waals surface area contributed by atoms with Crippen LogP contribution in [0.2, 0.25) is 5.02 Å². The number of hydrogen-bond acceptors (Lipinski definition) is 5. The Bertz CT molecular complexity index is 1280. The van der Waals surface area contributed by atoms with Crippen LogP contribution in [0.1, 0.15) is 5.56 Å². The van der Waals surface area contributed by atoms with Gasteiger partial charge < -0.3 is 14.9 Å². The largest absolute Gasteiger partial charge is 0.507 e. The topological polar surface area (TPSA) is 80.5 Å². The number of hydrogen-bond donors (Lipinski definition) is 1. The predicted molar refractivity (Wildman–Crippen MR) is 117 cm³/mol. The maximum Gasteiger partial charge on any atom is 0.246 e. The van der Waals surface area contributed by atoms with Crippen molar-refractivity contribution in [2.24, 2.45) is 0 Å². The molecule has 1 amide bonds. The monoisotopic (exact) mass is 454 g/mol. The van der Waals surface area contributed by atoms with Gasteiger partial charge in [-0.25, -0.2) is 8.78 Å². The van der Waals surface area contributed by atoms with Crippen LogP contribution in [0.4, 0.5) is 14.5 Å². The number of anilines is 1. The number of nitrogens with zero attached hydrogens (tertiary/aromatic N) is 4. The zero-order chi connectivity index (χ0) is 23.0. The Morgan fingerprint density at radius 1 is 1.22 bits per heavy atom. The van der Waals surface area contributed by atoms with Crippen LogP contribution in [-0.2, 0) is 4.79 Å². The number of phenolic OH excluding ortho intramolecular Hbond substituents is 1. The summed E-state index contributed by atoms with van der Waals surface area (Å²) in [6.07, 6.45) is 2.57. The highest BCUT2D eigenvalue weighted by molar-refractivity contribution is 6.38. The van der Waals surface area contributed by atoms with Gasteiger partial charge in [-0.3, -0.25) is 9.78 Å². The van der Waals surface area contributed by atoms with Crippen LogP contribution < -0.4 is 4.90 Å².